The van der Waals surface area contributed by atoms with Crippen LogP contribution in [-0.2, 0) is 4.79 Å². The maximum Gasteiger partial charge on any atom is 0.219 e. The number of aromatic nitrogens is 2. The number of carbonyl (C=O) groups excluding carboxylic acids is 1. The van der Waals surface area contributed by atoms with Gasteiger partial charge in [0.25, 0.3) is 0 Å². The molecule has 130 valence electrons. The average Bonchev–Trinajstić information content (AvgIpc) is 3.31. The van der Waals surface area contributed by atoms with E-state index in [1.807, 2.05) is 42.5 Å². The summed E-state index contributed by atoms with van der Waals surface area (Å²) >= 11 is 0. The molecule has 0 saturated heterocycles. The highest BCUT2D eigenvalue weighted by Crippen LogP contribution is 2.43. The van der Waals surface area contributed by atoms with Gasteiger partial charge < -0.3 is 15.1 Å². The summed E-state index contributed by atoms with van der Waals surface area (Å²) in [6.45, 7) is 0. The molecule has 3 heterocycles. The maximum absolute atomic E-state index is 13.1. The number of Topliss-reactive ketones (excluding diaryl/α,β-unsaturated/α-hetero) is 1. The molecule has 0 radical (unpaired) electrons. The molecular weight excluding hydrogens is 332 g/mol. The first-order valence-electron chi connectivity index (χ1n) is 8.50. The molecule has 0 spiro atoms. The molecule has 26 heavy (non-hydrogen) atoms. The van der Waals surface area contributed by atoms with Crippen LogP contribution in [0, 0.1) is 0 Å². The largest absolute Gasteiger partial charge is 0.469 e. The molecule has 5 rings (SSSR count). The average molecular weight is 348 g/mol. The van der Waals surface area contributed by atoms with E-state index in [-0.39, 0.29) is 17.7 Å². The van der Waals surface area contributed by atoms with Gasteiger partial charge >= 0.3 is 0 Å². The number of hydrogen-bond donors (Lipinski definition) is 2. The number of allylic oxidation sites excluding steroid dienone is 1. The van der Waals surface area contributed by atoms with Gasteiger partial charge in [-0.05, 0) is 34.4 Å². The number of carbonyl (C=O) groups is 1. The molecule has 1 aliphatic heterocycles. The molecule has 0 amide bonds. The molecule has 7 heteroatoms. The van der Waals surface area contributed by atoms with E-state index < -0.39 is 0 Å². The molecule has 2 N–H and O–H groups in total. The second-order valence-corrected chi connectivity index (χ2v) is 6.51. The number of hydrogen-bond acceptors (Lipinski definition) is 7. The third-order valence-electron chi connectivity index (χ3n) is 4.91. The summed E-state index contributed by atoms with van der Waals surface area (Å²) in [4.78, 5) is 13.1. The van der Waals surface area contributed by atoms with Crippen molar-refractivity contribution < 1.29 is 13.8 Å². The predicted octanol–water partition coefficient (Wildman–Crippen LogP) is 3.64. The van der Waals surface area contributed by atoms with Crippen LogP contribution in [0.3, 0.4) is 0 Å². The molecule has 0 fully saturated rings. The molecule has 0 unspecified atom stereocenters. The van der Waals surface area contributed by atoms with Crippen LogP contribution in [0.4, 0.5) is 11.6 Å². The van der Waals surface area contributed by atoms with Gasteiger partial charge in [0.2, 0.25) is 11.6 Å². The Bertz CT molecular complexity index is 975. The third-order valence-corrected chi connectivity index (χ3v) is 4.91. The summed E-state index contributed by atoms with van der Waals surface area (Å²) in [5.41, 5.74) is 2.54. The van der Waals surface area contributed by atoms with Crippen LogP contribution in [-0.4, -0.2) is 16.1 Å². The van der Waals surface area contributed by atoms with Crippen molar-refractivity contribution >= 4 is 17.4 Å². The Morgan fingerprint density at radius 1 is 1.00 bits per heavy atom. The molecule has 0 bridgehead atoms. The van der Waals surface area contributed by atoms with Gasteiger partial charge in [-0.25, -0.2) is 4.63 Å². The molecule has 2 aromatic heterocycles. The highest BCUT2D eigenvalue weighted by molar-refractivity contribution is 6.00. The number of furan rings is 1. The number of nitrogens with zero attached hydrogens (tertiary/aromatic N) is 2. The lowest BCUT2D eigenvalue weighted by atomic mass is 9.80. The van der Waals surface area contributed by atoms with Gasteiger partial charge in [0, 0.05) is 23.6 Å². The van der Waals surface area contributed by atoms with Crippen molar-refractivity contribution in [1.29, 1.82) is 0 Å². The van der Waals surface area contributed by atoms with Crippen LogP contribution >= 0.6 is 0 Å². The zero-order valence-corrected chi connectivity index (χ0v) is 13.8. The number of ketones is 1. The van der Waals surface area contributed by atoms with Gasteiger partial charge in [-0.1, -0.05) is 30.3 Å². The van der Waals surface area contributed by atoms with Gasteiger partial charge in [0.05, 0.1) is 12.3 Å². The quantitative estimate of drug-likeness (QED) is 0.730. The Morgan fingerprint density at radius 2 is 1.85 bits per heavy atom. The first-order chi connectivity index (χ1) is 12.8. The van der Waals surface area contributed by atoms with E-state index in [0.29, 0.717) is 24.5 Å². The lowest BCUT2D eigenvalue weighted by molar-refractivity contribution is -0.116. The molecular formula is C19H16N4O3. The number of benzene rings is 1. The number of anilines is 2. The highest BCUT2D eigenvalue weighted by Gasteiger charge is 2.37. The van der Waals surface area contributed by atoms with Crippen LogP contribution < -0.4 is 10.6 Å². The normalized spacial score (nSPS) is 22.1. The summed E-state index contributed by atoms with van der Waals surface area (Å²) in [6.07, 6.45) is 2.71. The Kier molecular flexibility index (Phi) is 3.38. The van der Waals surface area contributed by atoms with E-state index in [1.54, 1.807) is 6.26 Å². The van der Waals surface area contributed by atoms with Gasteiger partial charge in [0.15, 0.2) is 5.78 Å². The van der Waals surface area contributed by atoms with E-state index in [4.69, 9.17) is 9.05 Å². The first kappa shape index (κ1) is 14.9. The number of nitrogens with one attached hydrogen (secondary N) is 2. The van der Waals surface area contributed by atoms with E-state index in [2.05, 4.69) is 20.9 Å². The maximum atomic E-state index is 13.1. The number of rotatable bonds is 2. The fraction of sp³-hybridized carbons (Fsp3) is 0.211. The van der Waals surface area contributed by atoms with E-state index in [1.165, 1.54) is 0 Å². The van der Waals surface area contributed by atoms with Crippen molar-refractivity contribution in [2.24, 2.45) is 0 Å². The zero-order chi connectivity index (χ0) is 17.5. The van der Waals surface area contributed by atoms with E-state index >= 15 is 0 Å². The summed E-state index contributed by atoms with van der Waals surface area (Å²) in [5.74, 6) is 1.89. The first-order valence-corrected chi connectivity index (χ1v) is 8.50. The van der Waals surface area contributed by atoms with Crippen molar-refractivity contribution in [3.63, 3.8) is 0 Å². The minimum Gasteiger partial charge on any atom is -0.469 e. The van der Waals surface area contributed by atoms with Gasteiger partial charge in [0.1, 0.15) is 5.76 Å². The van der Waals surface area contributed by atoms with Gasteiger partial charge in [-0.15, -0.1) is 0 Å². The van der Waals surface area contributed by atoms with Gasteiger partial charge in [-0.3, -0.25) is 4.79 Å². The van der Waals surface area contributed by atoms with Crippen molar-refractivity contribution in [3.05, 3.63) is 71.3 Å². The third kappa shape index (κ3) is 2.40. The second-order valence-electron chi connectivity index (χ2n) is 6.51. The van der Waals surface area contributed by atoms with Crippen LogP contribution in [0.15, 0.2) is 69.0 Å². The zero-order valence-electron chi connectivity index (χ0n) is 13.8. The Balaban J connectivity index is 1.62. The summed E-state index contributed by atoms with van der Waals surface area (Å²) in [6, 6.07) is 13.3. The number of fused-ring (bicyclic) bond motifs is 1. The molecule has 2 atom stereocenters. The van der Waals surface area contributed by atoms with Crippen LogP contribution in [0.1, 0.15) is 36.1 Å². The van der Waals surface area contributed by atoms with Crippen molar-refractivity contribution in [3.8, 4) is 0 Å². The predicted molar refractivity (Wildman–Crippen MR) is 93.4 cm³/mol. The molecule has 3 aromatic rings. The molecule has 2 aliphatic rings. The monoisotopic (exact) mass is 348 g/mol. The van der Waals surface area contributed by atoms with Crippen LogP contribution in [0.2, 0.25) is 0 Å². The summed E-state index contributed by atoms with van der Waals surface area (Å²) in [5, 5.41) is 14.4. The Morgan fingerprint density at radius 3 is 2.65 bits per heavy atom. The van der Waals surface area contributed by atoms with Gasteiger partial charge in [-0.2, -0.15) is 0 Å². The molecule has 7 nitrogen and oxygen atoms in total. The topological polar surface area (TPSA) is 93.2 Å². The SMILES string of the molecule is O=C1C[C@H](c2ccco2)CC2=C1[C@H](c1ccccc1)Nc1nonc1N2. The summed E-state index contributed by atoms with van der Waals surface area (Å²) < 4.78 is 10.4. The summed E-state index contributed by atoms with van der Waals surface area (Å²) in [7, 11) is 0. The molecule has 1 aromatic carbocycles. The minimum absolute atomic E-state index is 0.00147. The standard InChI is InChI=1S/C19H16N4O3/c24-14-10-12(15-7-4-8-25-15)9-13-16(14)17(11-5-2-1-3-6-11)21-19-18(20-13)22-26-23-19/h1-8,12,17H,9-10H2,(H,20,22)(H,21,23)/t12-,17+/m1/s1. The van der Waals surface area contributed by atoms with Crippen LogP contribution in [0.5, 0.6) is 0 Å². The van der Waals surface area contributed by atoms with Crippen molar-refractivity contribution in [2.45, 2.75) is 24.8 Å². The minimum atomic E-state index is -0.308. The fourth-order valence-corrected chi connectivity index (χ4v) is 3.72. The van der Waals surface area contributed by atoms with Crippen molar-refractivity contribution in [1.82, 2.24) is 10.3 Å². The van der Waals surface area contributed by atoms with Crippen molar-refractivity contribution in [2.75, 3.05) is 10.6 Å². The Labute approximate surface area is 149 Å². The van der Waals surface area contributed by atoms with E-state index in [0.717, 1.165) is 22.6 Å². The Hall–Kier alpha value is -3.35. The molecule has 1 aliphatic carbocycles. The smallest absolute Gasteiger partial charge is 0.219 e. The second kappa shape index (κ2) is 5.87. The molecule has 0 saturated carbocycles. The lowest BCUT2D eigenvalue weighted by Crippen LogP contribution is -2.26. The van der Waals surface area contributed by atoms with Crippen LogP contribution in [0.25, 0.3) is 0 Å². The highest BCUT2D eigenvalue weighted by atomic mass is 16.6. The fourth-order valence-electron chi connectivity index (χ4n) is 3.72. The lowest BCUT2D eigenvalue weighted by Gasteiger charge is -2.28. The van der Waals surface area contributed by atoms with E-state index in [9.17, 15) is 4.79 Å².